The fraction of sp³-hybridized carbons (Fsp3) is 0.263. The van der Waals surface area contributed by atoms with Crippen LogP contribution in [0.4, 0.5) is 21.5 Å². The average Bonchev–Trinajstić information content (AvgIpc) is 3.37. The zero-order valence-corrected chi connectivity index (χ0v) is 14.2. The molecule has 0 spiro atoms. The summed E-state index contributed by atoms with van der Waals surface area (Å²) in [6, 6.07) is 13.0. The topological polar surface area (TPSA) is 61.4 Å². The monoisotopic (exact) mass is 341 g/mol. The maximum atomic E-state index is 13.2. The van der Waals surface area contributed by atoms with Gasteiger partial charge in [0.1, 0.15) is 11.2 Å². The van der Waals surface area contributed by atoms with E-state index >= 15 is 0 Å². The van der Waals surface area contributed by atoms with Gasteiger partial charge in [-0.05, 0) is 55.3 Å². The van der Waals surface area contributed by atoms with E-state index in [2.05, 4.69) is 10.6 Å². The lowest BCUT2D eigenvalue weighted by Crippen LogP contribution is -2.35. The second-order valence-electron chi connectivity index (χ2n) is 6.44. The number of benzene rings is 2. The van der Waals surface area contributed by atoms with Gasteiger partial charge in [-0.1, -0.05) is 6.07 Å². The van der Waals surface area contributed by atoms with Gasteiger partial charge in [-0.15, -0.1) is 0 Å². The van der Waals surface area contributed by atoms with Gasteiger partial charge in [0.25, 0.3) is 0 Å². The van der Waals surface area contributed by atoms with Crippen molar-refractivity contribution in [1.82, 2.24) is 0 Å². The van der Waals surface area contributed by atoms with Gasteiger partial charge in [0, 0.05) is 31.2 Å². The highest BCUT2D eigenvalue weighted by atomic mass is 19.1. The van der Waals surface area contributed by atoms with Gasteiger partial charge in [0.15, 0.2) is 0 Å². The summed E-state index contributed by atoms with van der Waals surface area (Å²) in [5.41, 5.74) is 0.926. The molecule has 0 aliphatic heterocycles. The van der Waals surface area contributed by atoms with E-state index in [0.29, 0.717) is 24.2 Å². The van der Waals surface area contributed by atoms with E-state index in [1.807, 2.05) is 31.1 Å². The normalized spacial score (nSPS) is 14.5. The Labute approximate surface area is 145 Å². The standard InChI is InChI=1S/C19H20FN3O2/c1-23(2)16-8-6-14(7-9-16)21-17(24)19(10-11-19)18(25)22-15-5-3-4-13(20)12-15/h3-9,12H,10-11H2,1-2H3,(H,21,24)(H,22,25). The van der Waals surface area contributed by atoms with Crippen molar-refractivity contribution >= 4 is 28.9 Å². The lowest BCUT2D eigenvalue weighted by Gasteiger charge is -2.16. The van der Waals surface area contributed by atoms with Crippen LogP contribution in [0.5, 0.6) is 0 Å². The SMILES string of the molecule is CN(C)c1ccc(NC(=O)C2(C(=O)Nc3cccc(F)c3)CC2)cc1. The molecule has 5 nitrogen and oxygen atoms in total. The van der Waals surface area contributed by atoms with Crippen LogP contribution in [0, 0.1) is 11.2 Å². The molecule has 0 aromatic heterocycles. The number of halogens is 1. The van der Waals surface area contributed by atoms with E-state index in [-0.39, 0.29) is 5.91 Å². The van der Waals surface area contributed by atoms with Crippen LogP contribution in [0.1, 0.15) is 12.8 Å². The zero-order valence-electron chi connectivity index (χ0n) is 14.2. The van der Waals surface area contributed by atoms with Crippen molar-refractivity contribution < 1.29 is 14.0 Å². The molecule has 1 saturated carbocycles. The maximum absolute atomic E-state index is 13.2. The van der Waals surface area contributed by atoms with Gasteiger partial charge in [0.2, 0.25) is 11.8 Å². The molecule has 3 rings (SSSR count). The van der Waals surface area contributed by atoms with Crippen LogP contribution < -0.4 is 15.5 Å². The van der Waals surface area contributed by atoms with Crippen molar-refractivity contribution in [3.05, 3.63) is 54.3 Å². The van der Waals surface area contributed by atoms with Crippen molar-refractivity contribution in [2.45, 2.75) is 12.8 Å². The van der Waals surface area contributed by atoms with Crippen LogP contribution in [0.15, 0.2) is 48.5 Å². The van der Waals surface area contributed by atoms with E-state index in [4.69, 9.17) is 0 Å². The lowest BCUT2D eigenvalue weighted by molar-refractivity contribution is -0.131. The summed E-state index contributed by atoms with van der Waals surface area (Å²) in [6.07, 6.45) is 0.964. The first-order valence-electron chi connectivity index (χ1n) is 8.07. The van der Waals surface area contributed by atoms with Crippen molar-refractivity contribution in [1.29, 1.82) is 0 Å². The predicted molar refractivity (Wildman–Crippen MR) is 96.1 cm³/mol. The third kappa shape index (κ3) is 3.63. The number of hydrogen-bond donors (Lipinski definition) is 2. The Hall–Kier alpha value is -2.89. The van der Waals surface area contributed by atoms with Gasteiger partial charge < -0.3 is 15.5 Å². The van der Waals surface area contributed by atoms with Crippen molar-refractivity contribution in [3.63, 3.8) is 0 Å². The van der Waals surface area contributed by atoms with Crippen LogP contribution in [0.3, 0.4) is 0 Å². The Kier molecular flexibility index (Phi) is 4.44. The molecule has 2 N–H and O–H groups in total. The Morgan fingerprint density at radius 3 is 2.08 bits per heavy atom. The van der Waals surface area contributed by atoms with Crippen molar-refractivity contribution in [2.75, 3.05) is 29.6 Å². The number of carbonyl (C=O) groups is 2. The number of carbonyl (C=O) groups excluding carboxylic acids is 2. The molecule has 1 fully saturated rings. The van der Waals surface area contributed by atoms with E-state index < -0.39 is 17.1 Å². The summed E-state index contributed by atoms with van der Waals surface area (Å²) in [6.45, 7) is 0. The number of nitrogens with zero attached hydrogens (tertiary/aromatic N) is 1. The number of nitrogens with one attached hydrogen (secondary N) is 2. The molecule has 0 unspecified atom stereocenters. The Morgan fingerprint density at radius 2 is 1.56 bits per heavy atom. The number of amides is 2. The van der Waals surface area contributed by atoms with Gasteiger partial charge >= 0.3 is 0 Å². The molecular formula is C19H20FN3O2. The van der Waals surface area contributed by atoms with Crippen LogP contribution in [0.2, 0.25) is 0 Å². The first-order valence-corrected chi connectivity index (χ1v) is 8.07. The van der Waals surface area contributed by atoms with Gasteiger partial charge in [-0.25, -0.2) is 4.39 Å². The summed E-state index contributed by atoms with van der Waals surface area (Å²) in [5.74, 6) is -1.17. The van der Waals surface area contributed by atoms with Crippen LogP contribution >= 0.6 is 0 Å². The molecule has 0 heterocycles. The summed E-state index contributed by atoms with van der Waals surface area (Å²) >= 11 is 0. The molecule has 2 aromatic carbocycles. The third-order valence-electron chi connectivity index (χ3n) is 4.34. The molecule has 6 heteroatoms. The van der Waals surface area contributed by atoms with Crippen LogP contribution in [0.25, 0.3) is 0 Å². The highest BCUT2D eigenvalue weighted by molar-refractivity contribution is 6.16. The highest BCUT2D eigenvalue weighted by Crippen LogP contribution is 2.47. The van der Waals surface area contributed by atoms with Crippen LogP contribution in [-0.2, 0) is 9.59 Å². The molecule has 0 bridgehead atoms. The summed E-state index contributed by atoms with van der Waals surface area (Å²) in [4.78, 5) is 27.0. The van der Waals surface area contributed by atoms with Gasteiger partial charge in [0.05, 0.1) is 0 Å². The third-order valence-corrected chi connectivity index (χ3v) is 4.34. The highest BCUT2D eigenvalue weighted by Gasteiger charge is 2.56. The van der Waals surface area contributed by atoms with E-state index in [0.717, 1.165) is 5.69 Å². The van der Waals surface area contributed by atoms with E-state index in [1.54, 1.807) is 18.2 Å². The van der Waals surface area contributed by atoms with Crippen molar-refractivity contribution in [3.8, 4) is 0 Å². The number of anilines is 3. The Morgan fingerprint density at radius 1 is 0.960 bits per heavy atom. The first kappa shape index (κ1) is 17.0. The van der Waals surface area contributed by atoms with Crippen LogP contribution in [-0.4, -0.2) is 25.9 Å². The minimum atomic E-state index is -1.08. The maximum Gasteiger partial charge on any atom is 0.240 e. The Bertz CT molecular complexity index is 799. The Balaban J connectivity index is 1.67. The fourth-order valence-corrected chi connectivity index (χ4v) is 2.59. The zero-order chi connectivity index (χ0) is 18.0. The smallest absolute Gasteiger partial charge is 0.240 e. The van der Waals surface area contributed by atoms with E-state index in [9.17, 15) is 14.0 Å². The molecule has 130 valence electrons. The van der Waals surface area contributed by atoms with Gasteiger partial charge in [-0.3, -0.25) is 9.59 Å². The largest absolute Gasteiger partial charge is 0.378 e. The second-order valence-corrected chi connectivity index (χ2v) is 6.44. The molecule has 0 radical (unpaired) electrons. The number of rotatable bonds is 5. The molecule has 0 atom stereocenters. The quantitative estimate of drug-likeness (QED) is 0.821. The molecule has 0 saturated heterocycles. The van der Waals surface area contributed by atoms with Gasteiger partial charge in [-0.2, -0.15) is 0 Å². The minimum absolute atomic E-state index is 0.334. The molecule has 2 amide bonds. The van der Waals surface area contributed by atoms with E-state index in [1.165, 1.54) is 18.2 Å². The minimum Gasteiger partial charge on any atom is -0.378 e. The molecular weight excluding hydrogens is 321 g/mol. The summed E-state index contributed by atoms with van der Waals surface area (Å²) < 4.78 is 13.2. The molecule has 2 aromatic rings. The molecule has 1 aliphatic carbocycles. The predicted octanol–water partition coefficient (Wildman–Crippen LogP) is 3.25. The lowest BCUT2D eigenvalue weighted by atomic mass is 10.0. The summed E-state index contributed by atoms with van der Waals surface area (Å²) in [7, 11) is 3.87. The average molecular weight is 341 g/mol. The summed E-state index contributed by atoms with van der Waals surface area (Å²) in [5, 5.41) is 5.43. The molecule has 25 heavy (non-hydrogen) atoms. The first-order chi connectivity index (χ1) is 11.9. The fourth-order valence-electron chi connectivity index (χ4n) is 2.59. The number of hydrogen-bond acceptors (Lipinski definition) is 3. The second kappa shape index (κ2) is 6.55. The van der Waals surface area contributed by atoms with Crippen molar-refractivity contribution in [2.24, 2.45) is 5.41 Å². The molecule has 1 aliphatic rings.